The van der Waals surface area contributed by atoms with E-state index >= 15 is 0 Å². The maximum atomic E-state index is 14.0. The first-order valence-electron chi connectivity index (χ1n) is 13.3. The largest absolute Gasteiger partial charge is 0.378 e. The van der Waals surface area contributed by atoms with E-state index in [0.29, 0.717) is 77.9 Å². The quantitative estimate of drug-likeness (QED) is 0.284. The summed E-state index contributed by atoms with van der Waals surface area (Å²) in [7, 11) is -4.11. The minimum atomic E-state index is -4.11. The monoisotopic (exact) mass is 571 g/mol. The number of amides is 1. The van der Waals surface area contributed by atoms with Crippen LogP contribution in [0.5, 0.6) is 0 Å². The molecule has 1 saturated heterocycles. The minimum absolute atomic E-state index is 0.0212. The summed E-state index contributed by atoms with van der Waals surface area (Å²) in [5, 5.41) is 0.465. The number of nitrogens with zero attached hydrogens (tertiary/aromatic N) is 3. The maximum Gasteiger partial charge on any atom is 0.273 e. The van der Waals surface area contributed by atoms with Crippen molar-refractivity contribution in [3.63, 3.8) is 0 Å². The molecule has 4 heterocycles. The van der Waals surface area contributed by atoms with Gasteiger partial charge in [0.15, 0.2) is 0 Å². The van der Waals surface area contributed by atoms with Crippen molar-refractivity contribution in [2.45, 2.75) is 24.7 Å². The molecule has 0 aliphatic carbocycles. The number of aryl methyl sites for hydroxylation is 2. The normalized spacial score (nSPS) is 14.1. The number of imidazole rings is 1. The highest BCUT2D eigenvalue weighted by molar-refractivity contribution is 7.90. The van der Waals surface area contributed by atoms with Crippen molar-refractivity contribution < 1.29 is 17.9 Å². The Morgan fingerprint density at radius 2 is 1.88 bits per heavy atom. The number of carbonyl (C=O) groups excluding carboxylic acids is 1. The summed E-state index contributed by atoms with van der Waals surface area (Å²) in [5.74, 6) is -0.167. The van der Waals surface area contributed by atoms with Gasteiger partial charge in [0.05, 0.1) is 35.5 Å². The van der Waals surface area contributed by atoms with Gasteiger partial charge in [0.1, 0.15) is 11.0 Å². The molecule has 0 unspecified atom stereocenters. The van der Waals surface area contributed by atoms with Crippen LogP contribution >= 0.6 is 0 Å². The Labute approximate surface area is 236 Å². The van der Waals surface area contributed by atoms with Crippen molar-refractivity contribution in [1.29, 1.82) is 0 Å². The summed E-state index contributed by atoms with van der Waals surface area (Å²) in [6.07, 6.45) is 5.69. The van der Waals surface area contributed by atoms with Crippen LogP contribution in [0.1, 0.15) is 28.0 Å². The van der Waals surface area contributed by atoms with Gasteiger partial charge in [0, 0.05) is 35.9 Å². The molecule has 2 aromatic carbocycles. The average molecular weight is 572 g/mol. The number of pyridine rings is 1. The van der Waals surface area contributed by atoms with Gasteiger partial charge in [-0.25, -0.2) is 17.4 Å². The molecule has 11 heteroatoms. The molecule has 0 spiro atoms. The Hall–Kier alpha value is -4.48. The van der Waals surface area contributed by atoms with Gasteiger partial charge in [-0.1, -0.05) is 23.8 Å². The molecular formula is C30H29N5O5S. The Kier molecular flexibility index (Phi) is 6.84. The number of carbonyl (C=O) groups is 1. The van der Waals surface area contributed by atoms with E-state index in [9.17, 15) is 18.0 Å². The highest BCUT2D eigenvalue weighted by Crippen LogP contribution is 2.34. The maximum absolute atomic E-state index is 14.0. The van der Waals surface area contributed by atoms with Crippen LogP contribution in [0, 0.1) is 6.92 Å². The number of ether oxygens (including phenoxy) is 1. The smallest absolute Gasteiger partial charge is 0.273 e. The van der Waals surface area contributed by atoms with Gasteiger partial charge in [-0.3, -0.25) is 9.59 Å². The molecule has 0 saturated carbocycles. The van der Waals surface area contributed by atoms with Crippen LogP contribution in [-0.4, -0.2) is 64.5 Å². The molecule has 1 amide bonds. The second kappa shape index (κ2) is 10.5. The summed E-state index contributed by atoms with van der Waals surface area (Å²) in [6.45, 7) is 7.54. The topological polar surface area (TPSA) is 130 Å². The number of nitrogens with one attached hydrogen (secondary N) is 2. The lowest BCUT2D eigenvalue weighted by atomic mass is 9.99. The van der Waals surface area contributed by atoms with Gasteiger partial charge in [-0.15, -0.1) is 6.58 Å². The van der Waals surface area contributed by atoms with E-state index in [4.69, 9.17) is 4.74 Å². The average Bonchev–Trinajstić information content (AvgIpc) is 3.62. The number of H-pyrrole nitrogens is 2. The van der Waals surface area contributed by atoms with E-state index in [2.05, 4.69) is 21.5 Å². The second-order valence-electron chi connectivity index (χ2n) is 10.1. The molecule has 0 bridgehead atoms. The molecule has 3 aromatic heterocycles. The molecule has 1 aliphatic heterocycles. The summed E-state index contributed by atoms with van der Waals surface area (Å²) < 4.78 is 34.5. The Balaban J connectivity index is 1.58. The Morgan fingerprint density at radius 1 is 1.12 bits per heavy atom. The fourth-order valence-electron chi connectivity index (χ4n) is 5.31. The standard InChI is InChI=1S/C30H29N5O5S/c1-3-4-5-21-16-23-25(17-31-29(36)28(23)35(21)41(38,39)22-8-6-19(2)7-9-22)20-14-24(27-26(15-20)32-18-33-27)30(37)34-10-12-40-13-11-34/h3,6-9,14-18H,1,4-5,10-13H2,2H3,(H,31,36)(H,32,33). The van der Waals surface area contributed by atoms with Crippen LogP contribution in [0.2, 0.25) is 0 Å². The summed E-state index contributed by atoms with van der Waals surface area (Å²) in [4.78, 5) is 38.9. The van der Waals surface area contributed by atoms with Gasteiger partial charge in [-0.05, 0) is 55.7 Å². The molecule has 210 valence electrons. The highest BCUT2D eigenvalue weighted by Gasteiger charge is 2.27. The van der Waals surface area contributed by atoms with Gasteiger partial charge in [0.25, 0.3) is 21.5 Å². The lowest BCUT2D eigenvalue weighted by molar-refractivity contribution is 0.0304. The summed E-state index contributed by atoms with van der Waals surface area (Å²) in [5.41, 5.74) is 3.71. The number of aromatic nitrogens is 4. The summed E-state index contributed by atoms with van der Waals surface area (Å²) in [6, 6.07) is 11.9. The molecule has 41 heavy (non-hydrogen) atoms. The SMILES string of the molecule is C=CCCc1cc2c(-c3cc(C(=O)N4CCOCC4)c4nc[nH]c4c3)c[nH]c(=O)c2n1S(=O)(=O)c1ccc(C)cc1. The zero-order valence-corrected chi connectivity index (χ0v) is 23.3. The van der Waals surface area contributed by atoms with E-state index in [1.807, 2.05) is 13.0 Å². The predicted molar refractivity (Wildman–Crippen MR) is 157 cm³/mol. The fraction of sp³-hybridized carbons (Fsp3) is 0.233. The van der Waals surface area contributed by atoms with E-state index in [1.165, 1.54) is 6.33 Å². The van der Waals surface area contributed by atoms with Crippen molar-refractivity contribution in [2.75, 3.05) is 26.3 Å². The van der Waals surface area contributed by atoms with Gasteiger partial charge < -0.3 is 19.6 Å². The zero-order valence-electron chi connectivity index (χ0n) is 22.5. The first kappa shape index (κ1) is 26.7. The Morgan fingerprint density at radius 3 is 2.61 bits per heavy atom. The molecule has 1 fully saturated rings. The van der Waals surface area contributed by atoms with E-state index in [0.717, 1.165) is 9.54 Å². The van der Waals surface area contributed by atoms with Crippen molar-refractivity contribution >= 4 is 37.9 Å². The number of aromatic amines is 2. The number of benzene rings is 2. The van der Waals surface area contributed by atoms with E-state index in [-0.39, 0.29) is 16.3 Å². The van der Waals surface area contributed by atoms with Gasteiger partial charge in [0.2, 0.25) is 0 Å². The van der Waals surface area contributed by atoms with Crippen molar-refractivity contribution in [3.05, 3.63) is 94.8 Å². The van der Waals surface area contributed by atoms with Gasteiger partial charge >= 0.3 is 0 Å². The molecule has 2 N–H and O–H groups in total. The first-order chi connectivity index (χ1) is 19.8. The van der Waals surface area contributed by atoms with E-state index in [1.54, 1.807) is 53.6 Å². The number of morpholine rings is 1. The first-order valence-corrected chi connectivity index (χ1v) is 14.8. The molecule has 5 aromatic rings. The number of rotatable bonds is 7. The third-order valence-corrected chi connectivity index (χ3v) is 9.18. The van der Waals surface area contributed by atoms with Crippen LogP contribution in [0.15, 0.2) is 77.3 Å². The highest BCUT2D eigenvalue weighted by atomic mass is 32.2. The third kappa shape index (κ3) is 4.66. The van der Waals surface area contributed by atoms with Crippen molar-refractivity contribution in [1.82, 2.24) is 23.8 Å². The molecular weight excluding hydrogens is 542 g/mol. The summed E-state index contributed by atoms with van der Waals surface area (Å²) >= 11 is 0. The van der Waals surface area contributed by atoms with Crippen molar-refractivity contribution in [3.8, 4) is 11.1 Å². The molecule has 6 rings (SSSR count). The zero-order chi connectivity index (χ0) is 28.7. The fourth-order valence-corrected chi connectivity index (χ4v) is 6.87. The lowest BCUT2D eigenvalue weighted by Crippen LogP contribution is -2.40. The second-order valence-corrected chi connectivity index (χ2v) is 11.9. The van der Waals surface area contributed by atoms with Crippen molar-refractivity contribution in [2.24, 2.45) is 0 Å². The van der Waals surface area contributed by atoms with Crippen LogP contribution in [-0.2, 0) is 21.2 Å². The third-order valence-electron chi connectivity index (χ3n) is 7.41. The van der Waals surface area contributed by atoms with Gasteiger partial charge in [-0.2, -0.15) is 0 Å². The van der Waals surface area contributed by atoms with Crippen LogP contribution in [0.4, 0.5) is 0 Å². The molecule has 0 atom stereocenters. The lowest BCUT2D eigenvalue weighted by Gasteiger charge is -2.27. The predicted octanol–water partition coefficient (Wildman–Crippen LogP) is 4.01. The van der Waals surface area contributed by atoms with Crippen LogP contribution < -0.4 is 5.56 Å². The Bertz CT molecular complexity index is 1960. The molecule has 0 radical (unpaired) electrons. The van der Waals surface area contributed by atoms with Crippen LogP contribution in [0.3, 0.4) is 0 Å². The number of fused-ring (bicyclic) bond motifs is 2. The number of allylic oxidation sites excluding steroid dienone is 1. The molecule has 10 nitrogen and oxygen atoms in total. The number of hydrogen-bond donors (Lipinski definition) is 2. The molecule has 1 aliphatic rings. The minimum Gasteiger partial charge on any atom is -0.378 e. The van der Waals surface area contributed by atoms with E-state index < -0.39 is 15.6 Å². The number of hydrogen-bond acceptors (Lipinski definition) is 6. The van der Waals surface area contributed by atoms with Crippen LogP contribution in [0.25, 0.3) is 33.1 Å².